The molecule has 1 saturated heterocycles. The molecule has 2 amide bonds. The third-order valence-corrected chi connectivity index (χ3v) is 4.97. The number of nitrogens with one attached hydrogen (secondary N) is 1. The molecule has 1 atom stereocenters. The first-order valence-corrected chi connectivity index (χ1v) is 9.20. The summed E-state index contributed by atoms with van der Waals surface area (Å²) in [4.78, 5) is 27.0. The highest BCUT2D eigenvalue weighted by molar-refractivity contribution is 6.05. The quantitative estimate of drug-likeness (QED) is 0.902. The van der Waals surface area contributed by atoms with Crippen LogP contribution in [0.1, 0.15) is 40.5 Å². The molecule has 2 heterocycles. The van der Waals surface area contributed by atoms with Gasteiger partial charge >= 0.3 is 0 Å². The molecule has 2 aliphatic heterocycles. The molecular weight excluding hydrogens is 344 g/mol. The van der Waals surface area contributed by atoms with Gasteiger partial charge in [-0.2, -0.15) is 0 Å². The van der Waals surface area contributed by atoms with E-state index in [4.69, 9.17) is 9.47 Å². The van der Waals surface area contributed by atoms with Gasteiger partial charge < -0.3 is 19.7 Å². The Kier molecular flexibility index (Phi) is 4.71. The largest absolute Gasteiger partial charge is 0.454 e. The predicted molar refractivity (Wildman–Crippen MR) is 101 cm³/mol. The van der Waals surface area contributed by atoms with Crippen LogP contribution in [0.15, 0.2) is 42.5 Å². The molecule has 1 fully saturated rings. The lowest BCUT2D eigenvalue weighted by Gasteiger charge is -2.31. The highest BCUT2D eigenvalue weighted by atomic mass is 16.7. The topological polar surface area (TPSA) is 67.9 Å². The zero-order chi connectivity index (χ0) is 18.8. The number of rotatable bonds is 3. The van der Waals surface area contributed by atoms with Crippen molar-refractivity contribution in [2.75, 3.05) is 25.2 Å². The third-order valence-electron chi connectivity index (χ3n) is 4.97. The fourth-order valence-electron chi connectivity index (χ4n) is 3.50. The molecule has 0 aromatic heterocycles. The van der Waals surface area contributed by atoms with Crippen LogP contribution >= 0.6 is 0 Å². The number of piperidine rings is 1. The number of amides is 2. The fourth-order valence-corrected chi connectivity index (χ4v) is 3.50. The second kappa shape index (κ2) is 7.31. The summed E-state index contributed by atoms with van der Waals surface area (Å²) in [6.45, 7) is 3.96. The minimum Gasteiger partial charge on any atom is -0.454 e. The summed E-state index contributed by atoms with van der Waals surface area (Å²) in [5.74, 6) is 1.62. The number of anilines is 1. The van der Waals surface area contributed by atoms with Crippen LogP contribution < -0.4 is 14.8 Å². The Morgan fingerprint density at radius 3 is 2.56 bits per heavy atom. The van der Waals surface area contributed by atoms with E-state index in [9.17, 15) is 9.59 Å². The smallest absolute Gasteiger partial charge is 0.255 e. The predicted octanol–water partition coefficient (Wildman–Crippen LogP) is 3.54. The van der Waals surface area contributed by atoms with Crippen LogP contribution in [-0.2, 0) is 0 Å². The number of carbonyl (C=O) groups is 2. The summed E-state index contributed by atoms with van der Waals surface area (Å²) in [5, 5.41) is 2.84. The Morgan fingerprint density at radius 2 is 1.78 bits per heavy atom. The molecule has 2 aliphatic rings. The van der Waals surface area contributed by atoms with Crippen LogP contribution in [0.4, 0.5) is 5.69 Å². The average molecular weight is 366 g/mol. The van der Waals surface area contributed by atoms with Gasteiger partial charge in [0.05, 0.1) is 0 Å². The first kappa shape index (κ1) is 17.4. The van der Waals surface area contributed by atoms with E-state index in [1.165, 1.54) is 6.42 Å². The summed E-state index contributed by atoms with van der Waals surface area (Å²) in [6, 6.07) is 12.1. The molecule has 0 aliphatic carbocycles. The molecule has 6 nitrogen and oxygen atoms in total. The average Bonchev–Trinajstić information content (AvgIpc) is 3.15. The van der Waals surface area contributed by atoms with Gasteiger partial charge in [-0.3, -0.25) is 9.59 Å². The van der Waals surface area contributed by atoms with E-state index in [1.54, 1.807) is 42.5 Å². The van der Waals surface area contributed by atoms with Crippen LogP contribution in [-0.4, -0.2) is 36.6 Å². The van der Waals surface area contributed by atoms with E-state index in [0.29, 0.717) is 34.2 Å². The van der Waals surface area contributed by atoms with Gasteiger partial charge in [0.15, 0.2) is 11.5 Å². The number of benzene rings is 2. The first-order valence-electron chi connectivity index (χ1n) is 9.20. The Morgan fingerprint density at radius 1 is 1.04 bits per heavy atom. The highest BCUT2D eigenvalue weighted by Gasteiger charge is 2.22. The molecule has 6 heteroatoms. The lowest BCUT2D eigenvalue weighted by molar-refractivity contribution is 0.0682. The van der Waals surface area contributed by atoms with Crippen molar-refractivity contribution in [1.82, 2.24) is 4.90 Å². The van der Waals surface area contributed by atoms with E-state index in [-0.39, 0.29) is 18.6 Å². The minimum atomic E-state index is -0.237. The number of hydrogen-bond donors (Lipinski definition) is 1. The van der Waals surface area contributed by atoms with Crippen molar-refractivity contribution in [1.29, 1.82) is 0 Å². The second-order valence-electron chi connectivity index (χ2n) is 7.10. The van der Waals surface area contributed by atoms with Crippen LogP contribution in [0.5, 0.6) is 11.5 Å². The van der Waals surface area contributed by atoms with E-state index in [2.05, 4.69) is 12.2 Å². The number of carbonyl (C=O) groups excluding carboxylic acids is 2. The molecule has 0 bridgehead atoms. The zero-order valence-corrected chi connectivity index (χ0v) is 15.2. The van der Waals surface area contributed by atoms with Crippen LogP contribution in [0.3, 0.4) is 0 Å². The Bertz CT molecular complexity index is 863. The number of nitrogens with zero attached hydrogens (tertiary/aromatic N) is 1. The molecule has 2 aromatic carbocycles. The Hall–Kier alpha value is -3.02. The van der Waals surface area contributed by atoms with Crippen molar-refractivity contribution in [3.63, 3.8) is 0 Å². The molecular formula is C21H22N2O4. The van der Waals surface area contributed by atoms with Crippen molar-refractivity contribution < 1.29 is 19.1 Å². The summed E-state index contributed by atoms with van der Waals surface area (Å²) in [7, 11) is 0. The normalized spacial score (nSPS) is 18.3. The van der Waals surface area contributed by atoms with Crippen molar-refractivity contribution in [3.05, 3.63) is 53.6 Å². The Balaban J connectivity index is 1.42. The Labute approximate surface area is 158 Å². The lowest BCUT2D eigenvalue weighted by Crippen LogP contribution is -2.39. The lowest BCUT2D eigenvalue weighted by atomic mass is 9.99. The number of hydrogen-bond acceptors (Lipinski definition) is 4. The van der Waals surface area contributed by atoms with Crippen molar-refractivity contribution in [2.24, 2.45) is 5.92 Å². The van der Waals surface area contributed by atoms with Gasteiger partial charge in [0.1, 0.15) is 0 Å². The van der Waals surface area contributed by atoms with Crippen LogP contribution in [0.2, 0.25) is 0 Å². The standard InChI is InChI=1S/C21H22N2O4/c1-14-3-2-10-23(12-14)21(25)16-6-4-15(5-7-16)20(24)22-17-8-9-18-19(11-17)27-13-26-18/h4-9,11,14H,2-3,10,12-13H2,1H3,(H,22,24). The maximum Gasteiger partial charge on any atom is 0.255 e. The van der Waals surface area contributed by atoms with Crippen molar-refractivity contribution in [3.8, 4) is 11.5 Å². The molecule has 27 heavy (non-hydrogen) atoms. The van der Waals surface area contributed by atoms with Gasteiger partial charge in [0.25, 0.3) is 11.8 Å². The van der Waals surface area contributed by atoms with Gasteiger partial charge in [0.2, 0.25) is 6.79 Å². The van der Waals surface area contributed by atoms with E-state index in [1.807, 2.05) is 4.90 Å². The highest BCUT2D eigenvalue weighted by Crippen LogP contribution is 2.34. The maximum atomic E-state index is 12.6. The van der Waals surface area contributed by atoms with Gasteiger partial charge in [0, 0.05) is 36.0 Å². The van der Waals surface area contributed by atoms with Crippen molar-refractivity contribution >= 4 is 17.5 Å². The van der Waals surface area contributed by atoms with Crippen LogP contribution in [0.25, 0.3) is 0 Å². The number of fused-ring (bicyclic) bond motifs is 1. The molecule has 140 valence electrons. The molecule has 1 unspecified atom stereocenters. The van der Waals surface area contributed by atoms with E-state index >= 15 is 0 Å². The van der Waals surface area contributed by atoms with Gasteiger partial charge in [-0.1, -0.05) is 6.92 Å². The molecule has 0 saturated carbocycles. The fraction of sp³-hybridized carbons (Fsp3) is 0.333. The van der Waals surface area contributed by atoms with Gasteiger partial charge in [-0.05, 0) is 55.2 Å². The first-order chi connectivity index (χ1) is 13.1. The molecule has 0 spiro atoms. The van der Waals surface area contributed by atoms with E-state index in [0.717, 1.165) is 19.5 Å². The molecule has 4 rings (SSSR count). The van der Waals surface area contributed by atoms with Crippen molar-refractivity contribution in [2.45, 2.75) is 19.8 Å². The molecule has 0 radical (unpaired) electrons. The van der Waals surface area contributed by atoms with Gasteiger partial charge in [-0.15, -0.1) is 0 Å². The SMILES string of the molecule is CC1CCCN(C(=O)c2ccc(C(=O)Nc3ccc4c(c3)OCO4)cc2)C1. The summed E-state index contributed by atoms with van der Waals surface area (Å²) >= 11 is 0. The summed E-state index contributed by atoms with van der Waals surface area (Å²) in [5.41, 5.74) is 1.74. The third kappa shape index (κ3) is 3.74. The minimum absolute atomic E-state index is 0.0317. The summed E-state index contributed by atoms with van der Waals surface area (Å²) < 4.78 is 10.6. The van der Waals surface area contributed by atoms with Gasteiger partial charge in [-0.25, -0.2) is 0 Å². The van der Waals surface area contributed by atoms with E-state index < -0.39 is 0 Å². The number of ether oxygens (including phenoxy) is 2. The monoisotopic (exact) mass is 366 g/mol. The molecule has 2 aromatic rings. The number of likely N-dealkylation sites (tertiary alicyclic amines) is 1. The molecule has 1 N–H and O–H groups in total. The maximum absolute atomic E-state index is 12.6. The second-order valence-corrected chi connectivity index (χ2v) is 7.10. The summed E-state index contributed by atoms with van der Waals surface area (Å²) in [6.07, 6.45) is 2.21. The zero-order valence-electron chi connectivity index (χ0n) is 15.2. The van der Waals surface area contributed by atoms with Crippen LogP contribution in [0, 0.1) is 5.92 Å².